The molecule has 1 aliphatic carbocycles. The molecular formula is C19H20F4N6S. The lowest BCUT2D eigenvalue weighted by molar-refractivity contribution is -0.143. The lowest BCUT2D eigenvalue weighted by Gasteiger charge is -2.37. The average molecular weight is 440 g/mol. The number of nitrogens with two attached hydrogens (primary N) is 2. The third-order valence-corrected chi connectivity index (χ3v) is 6.69. The predicted octanol–water partition coefficient (Wildman–Crippen LogP) is 3.79. The highest BCUT2D eigenvalue weighted by molar-refractivity contribution is 7.99. The standard InChI is InChI=1S/C19H20F4N6S/c20-11-3-4-18(14(11)24)5-8-29(9-6-18)13-10-27-17(16(25)28-13)30-12-2-1-7-26-15(12)19(21,22)23/h1-2,5,7-8,10-11,14H,3-4,6,9,24H2,(H2,25,28). The van der Waals surface area contributed by atoms with E-state index in [1.807, 2.05) is 11.0 Å². The minimum Gasteiger partial charge on any atom is -0.381 e. The summed E-state index contributed by atoms with van der Waals surface area (Å²) < 4.78 is 53.3. The zero-order chi connectivity index (χ0) is 21.5. The number of hydrogen-bond acceptors (Lipinski definition) is 7. The van der Waals surface area contributed by atoms with Crippen LogP contribution in [0.3, 0.4) is 0 Å². The second-order valence-corrected chi connectivity index (χ2v) is 8.47. The molecule has 3 unspecified atom stereocenters. The molecule has 2 aromatic rings. The Kier molecular flexibility index (Phi) is 5.35. The van der Waals surface area contributed by atoms with Crippen LogP contribution in [0, 0.1) is 5.41 Å². The molecule has 3 heterocycles. The number of nitrogens with zero attached hydrogens (tertiary/aromatic N) is 4. The second kappa shape index (κ2) is 7.69. The molecule has 2 aliphatic rings. The predicted molar refractivity (Wildman–Crippen MR) is 105 cm³/mol. The summed E-state index contributed by atoms with van der Waals surface area (Å²) in [6.07, 6.45) is 2.52. The van der Waals surface area contributed by atoms with Gasteiger partial charge < -0.3 is 16.4 Å². The molecule has 1 fully saturated rings. The largest absolute Gasteiger partial charge is 0.434 e. The molecule has 2 aromatic heterocycles. The summed E-state index contributed by atoms with van der Waals surface area (Å²) in [6.45, 7) is 0.568. The van der Waals surface area contributed by atoms with E-state index in [0.29, 0.717) is 31.6 Å². The van der Waals surface area contributed by atoms with Gasteiger partial charge in [-0.15, -0.1) is 0 Å². The molecule has 1 aliphatic heterocycles. The highest BCUT2D eigenvalue weighted by Crippen LogP contribution is 2.45. The molecule has 4 rings (SSSR count). The van der Waals surface area contributed by atoms with Gasteiger partial charge in [0.05, 0.1) is 6.20 Å². The minimum absolute atomic E-state index is 0.0181. The Morgan fingerprint density at radius 2 is 2.03 bits per heavy atom. The molecule has 0 aromatic carbocycles. The Bertz CT molecular complexity index is 968. The Morgan fingerprint density at radius 1 is 1.23 bits per heavy atom. The highest BCUT2D eigenvalue weighted by atomic mass is 32.2. The van der Waals surface area contributed by atoms with E-state index in [4.69, 9.17) is 11.5 Å². The quantitative estimate of drug-likeness (QED) is 0.702. The number of alkyl halides is 4. The summed E-state index contributed by atoms with van der Waals surface area (Å²) in [5, 5.41) is 0.160. The first-order valence-electron chi connectivity index (χ1n) is 9.38. The Hall–Kier alpha value is -2.40. The van der Waals surface area contributed by atoms with E-state index in [1.54, 1.807) is 6.20 Å². The summed E-state index contributed by atoms with van der Waals surface area (Å²) in [5.74, 6) is 0.484. The maximum absolute atomic E-state index is 13.9. The van der Waals surface area contributed by atoms with Gasteiger partial charge >= 0.3 is 6.18 Å². The zero-order valence-electron chi connectivity index (χ0n) is 15.8. The number of hydrogen-bond donors (Lipinski definition) is 2. The SMILES string of the molecule is Nc1nc(N2C=CC3(CCC(F)C3N)CC2)cnc1Sc1cccnc1C(F)(F)F. The van der Waals surface area contributed by atoms with Gasteiger partial charge in [0.25, 0.3) is 0 Å². The monoisotopic (exact) mass is 440 g/mol. The zero-order valence-corrected chi connectivity index (χ0v) is 16.6. The third kappa shape index (κ3) is 3.83. The van der Waals surface area contributed by atoms with Crippen molar-refractivity contribution in [2.75, 3.05) is 17.2 Å². The Balaban J connectivity index is 1.53. The summed E-state index contributed by atoms with van der Waals surface area (Å²) in [5.41, 5.74) is 10.7. The molecular weight excluding hydrogens is 420 g/mol. The van der Waals surface area contributed by atoms with Gasteiger partial charge in [-0.3, -0.25) is 4.98 Å². The fourth-order valence-electron chi connectivity index (χ4n) is 3.90. The third-order valence-electron chi connectivity index (χ3n) is 5.64. The fourth-order valence-corrected chi connectivity index (χ4v) is 4.78. The van der Waals surface area contributed by atoms with E-state index < -0.39 is 24.1 Å². The van der Waals surface area contributed by atoms with Crippen molar-refractivity contribution in [3.8, 4) is 0 Å². The van der Waals surface area contributed by atoms with Gasteiger partial charge in [-0.2, -0.15) is 13.2 Å². The van der Waals surface area contributed by atoms with Crippen LogP contribution in [0.2, 0.25) is 0 Å². The Labute approximate surface area is 174 Å². The molecule has 3 atom stereocenters. The second-order valence-electron chi connectivity index (χ2n) is 7.44. The van der Waals surface area contributed by atoms with E-state index in [9.17, 15) is 17.6 Å². The summed E-state index contributed by atoms with van der Waals surface area (Å²) >= 11 is 0.763. The first kappa shape index (κ1) is 20.9. The molecule has 6 nitrogen and oxygen atoms in total. The van der Waals surface area contributed by atoms with E-state index in [2.05, 4.69) is 15.0 Å². The van der Waals surface area contributed by atoms with Gasteiger partial charge in [-0.05, 0) is 31.4 Å². The molecule has 0 bridgehead atoms. The van der Waals surface area contributed by atoms with Crippen molar-refractivity contribution in [2.45, 2.75) is 47.6 Å². The fraction of sp³-hybridized carbons (Fsp3) is 0.421. The van der Waals surface area contributed by atoms with Gasteiger partial charge in [0, 0.05) is 35.3 Å². The number of pyridine rings is 1. The van der Waals surface area contributed by atoms with Crippen molar-refractivity contribution in [3.05, 3.63) is 42.5 Å². The maximum atomic E-state index is 13.9. The normalized spacial score (nSPS) is 26.5. The van der Waals surface area contributed by atoms with Crippen LogP contribution in [0.5, 0.6) is 0 Å². The number of aromatic nitrogens is 3. The van der Waals surface area contributed by atoms with E-state index in [1.165, 1.54) is 18.3 Å². The number of nitrogen functional groups attached to an aromatic ring is 1. The first-order valence-corrected chi connectivity index (χ1v) is 10.2. The first-order chi connectivity index (χ1) is 14.2. The minimum atomic E-state index is -4.58. The van der Waals surface area contributed by atoms with Crippen molar-refractivity contribution >= 4 is 23.4 Å². The van der Waals surface area contributed by atoms with E-state index in [-0.39, 0.29) is 21.2 Å². The van der Waals surface area contributed by atoms with Crippen LogP contribution in [-0.2, 0) is 6.18 Å². The lowest BCUT2D eigenvalue weighted by Crippen LogP contribution is -2.44. The molecule has 30 heavy (non-hydrogen) atoms. The molecule has 11 heteroatoms. The van der Waals surface area contributed by atoms with Crippen molar-refractivity contribution in [1.82, 2.24) is 15.0 Å². The highest BCUT2D eigenvalue weighted by Gasteiger charge is 2.46. The van der Waals surface area contributed by atoms with Crippen molar-refractivity contribution in [1.29, 1.82) is 0 Å². The number of halogens is 4. The van der Waals surface area contributed by atoms with Crippen LogP contribution in [0.15, 0.2) is 46.7 Å². The Morgan fingerprint density at radius 3 is 2.63 bits per heavy atom. The van der Waals surface area contributed by atoms with Gasteiger partial charge in [0.2, 0.25) is 0 Å². The van der Waals surface area contributed by atoms with Crippen molar-refractivity contribution < 1.29 is 17.6 Å². The van der Waals surface area contributed by atoms with Crippen LogP contribution in [-0.4, -0.2) is 33.7 Å². The van der Waals surface area contributed by atoms with Gasteiger partial charge in [0.1, 0.15) is 11.2 Å². The number of anilines is 2. The molecule has 160 valence electrons. The van der Waals surface area contributed by atoms with Crippen LogP contribution in [0.1, 0.15) is 25.0 Å². The van der Waals surface area contributed by atoms with Gasteiger partial charge in [0.15, 0.2) is 17.3 Å². The summed E-state index contributed by atoms with van der Waals surface area (Å²) in [7, 11) is 0. The molecule has 1 saturated carbocycles. The smallest absolute Gasteiger partial charge is 0.381 e. The number of rotatable bonds is 3. The summed E-state index contributed by atoms with van der Waals surface area (Å²) in [4.78, 5) is 13.7. The van der Waals surface area contributed by atoms with Crippen LogP contribution in [0.4, 0.5) is 29.2 Å². The molecule has 0 saturated heterocycles. The van der Waals surface area contributed by atoms with Gasteiger partial charge in [-0.1, -0.05) is 17.8 Å². The van der Waals surface area contributed by atoms with Gasteiger partial charge in [-0.25, -0.2) is 14.4 Å². The van der Waals surface area contributed by atoms with Crippen molar-refractivity contribution in [2.24, 2.45) is 11.1 Å². The van der Waals surface area contributed by atoms with E-state index in [0.717, 1.165) is 18.0 Å². The summed E-state index contributed by atoms with van der Waals surface area (Å²) in [6, 6.07) is 2.21. The maximum Gasteiger partial charge on any atom is 0.434 e. The van der Waals surface area contributed by atoms with Crippen molar-refractivity contribution in [3.63, 3.8) is 0 Å². The topological polar surface area (TPSA) is 94.0 Å². The molecule has 0 radical (unpaired) electrons. The molecule has 1 spiro atoms. The lowest BCUT2D eigenvalue weighted by atomic mass is 9.78. The van der Waals surface area contributed by atoms with E-state index >= 15 is 0 Å². The van der Waals surface area contributed by atoms with Crippen LogP contribution >= 0.6 is 11.8 Å². The molecule has 4 N–H and O–H groups in total. The van der Waals surface area contributed by atoms with Crippen LogP contribution < -0.4 is 16.4 Å². The van der Waals surface area contributed by atoms with Crippen LogP contribution in [0.25, 0.3) is 0 Å². The molecule has 0 amide bonds. The average Bonchev–Trinajstić information content (AvgIpc) is 2.98.